The van der Waals surface area contributed by atoms with Crippen molar-refractivity contribution in [2.45, 2.75) is 6.92 Å². The molecule has 0 saturated heterocycles. The lowest BCUT2D eigenvalue weighted by Gasteiger charge is -2.10. The van der Waals surface area contributed by atoms with E-state index in [0.29, 0.717) is 36.6 Å². The van der Waals surface area contributed by atoms with Crippen LogP contribution in [-0.4, -0.2) is 34.1 Å². The fraction of sp³-hybridized carbons (Fsp3) is 0.125. The summed E-state index contributed by atoms with van der Waals surface area (Å²) in [5.74, 6) is -1.08. The van der Waals surface area contributed by atoms with Gasteiger partial charge >= 0.3 is 11.9 Å². The van der Waals surface area contributed by atoms with Crippen LogP contribution in [0.4, 0.5) is 11.5 Å². The molecule has 2 heterocycles. The molecule has 0 amide bonds. The van der Waals surface area contributed by atoms with Crippen LogP contribution in [0.1, 0.15) is 25.6 Å². The van der Waals surface area contributed by atoms with Gasteiger partial charge in [-0.05, 0) is 30.7 Å². The van der Waals surface area contributed by atoms with Crippen LogP contribution in [0.25, 0.3) is 10.2 Å². The van der Waals surface area contributed by atoms with Crippen LogP contribution in [0.5, 0.6) is 0 Å². The van der Waals surface area contributed by atoms with Gasteiger partial charge < -0.3 is 15.2 Å². The number of aromatic carboxylic acids is 1. The predicted octanol–water partition coefficient (Wildman–Crippen LogP) is 3.99. The number of rotatable bonds is 4. The SMILES string of the molecule is COC(=O)c1sc2ncnc(Nc3ccc(Br)cc3C(=O)O)c2c1C. The van der Waals surface area contributed by atoms with Gasteiger partial charge in [0.2, 0.25) is 0 Å². The van der Waals surface area contributed by atoms with Crippen LogP contribution in [0.2, 0.25) is 0 Å². The molecule has 0 aliphatic heterocycles. The number of carboxylic acids is 1. The maximum Gasteiger partial charge on any atom is 0.348 e. The zero-order chi connectivity index (χ0) is 18.1. The van der Waals surface area contributed by atoms with E-state index in [1.807, 2.05) is 0 Å². The van der Waals surface area contributed by atoms with Crippen LogP contribution < -0.4 is 5.32 Å². The summed E-state index contributed by atoms with van der Waals surface area (Å²) >= 11 is 4.47. The summed E-state index contributed by atoms with van der Waals surface area (Å²) in [5, 5.41) is 13.1. The highest BCUT2D eigenvalue weighted by molar-refractivity contribution is 9.10. The summed E-state index contributed by atoms with van der Waals surface area (Å²) in [5.41, 5.74) is 1.17. The highest BCUT2D eigenvalue weighted by Gasteiger charge is 2.20. The second-order valence-corrected chi connectivity index (χ2v) is 6.99. The van der Waals surface area contributed by atoms with Crippen molar-refractivity contribution >= 4 is 60.9 Å². The maximum absolute atomic E-state index is 11.9. The molecule has 2 aromatic heterocycles. The molecule has 0 aliphatic rings. The van der Waals surface area contributed by atoms with E-state index in [-0.39, 0.29) is 5.56 Å². The Kier molecular flexibility index (Phi) is 4.69. The van der Waals surface area contributed by atoms with Crippen molar-refractivity contribution in [1.29, 1.82) is 0 Å². The van der Waals surface area contributed by atoms with E-state index in [2.05, 4.69) is 31.2 Å². The Balaban J connectivity index is 2.13. The van der Waals surface area contributed by atoms with Crippen LogP contribution >= 0.6 is 27.3 Å². The van der Waals surface area contributed by atoms with Crippen molar-refractivity contribution in [2.24, 2.45) is 0 Å². The summed E-state index contributed by atoms with van der Waals surface area (Å²) in [6, 6.07) is 4.88. The number of halogens is 1. The minimum absolute atomic E-state index is 0.0993. The third-order valence-electron chi connectivity index (χ3n) is 3.56. The van der Waals surface area contributed by atoms with Gasteiger partial charge in [0.25, 0.3) is 0 Å². The minimum atomic E-state index is -1.06. The molecule has 0 spiro atoms. The third-order valence-corrected chi connectivity index (χ3v) is 5.24. The second kappa shape index (κ2) is 6.77. The number of carboxylic acid groups (broad SMARTS) is 1. The number of nitrogens with one attached hydrogen (secondary N) is 1. The predicted molar refractivity (Wildman–Crippen MR) is 97.9 cm³/mol. The highest BCUT2D eigenvalue weighted by atomic mass is 79.9. The molecule has 0 atom stereocenters. The van der Waals surface area contributed by atoms with Crippen molar-refractivity contribution < 1.29 is 19.4 Å². The van der Waals surface area contributed by atoms with Gasteiger partial charge in [0.1, 0.15) is 21.9 Å². The molecule has 0 unspecified atom stereocenters. The molecule has 128 valence electrons. The first kappa shape index (κ1) is 17.3. The first-order valence-corrected chi connectivity index (χ1v) is 8.65. The molecule has 3 rings (SSSR count). The monoisotopic (exact) mass is 421 g/mol. The molecule has 0 aliphatic carbocycles. The van der Waals surface area contributed by atoms with E-state index in [1.165, 1.54) is 30.8 Å². The van der Waals surface area contributed by atoms with Crippen molar-refractivity contribution in [3.63, 3.8) is 0 Å². The molecule has 2 N–H and O–H groups in total. The van der Waals surface area contributed by atoms with Gasteiger partial charge in [-0.1, -0.05) is 15.9 Å². The smallest absolute Gasteiger partial charge is 0.348 e. The number of benzene rings is 1. The lowest BCUT2D eigenvalue weighted by molar-refractivity contribution is 0.0604. The second-order valence-electron chi connectivity index (χ2n) is 5.07. The van der Waals surface area contributed by atoms with Crippen molar-refractivity contribution in [1.82, 2.24) is 9.97 Å². The number of thiophene rings is 1. The molecule has 25 heavy (non-hydrogen) atoms. The number of anilines is 2. The first-order valence-electron chi connectivity index (χ1n) is 7.04. The fourth-order valence-corrected chi connectivity index (χ4v) is 3.81. The van der Waals surface area contributed by atoms with E-state index >= 15 is 0 Å². The first-order chi connectivity index (χ1) is 11.9. The summed E-state index contributed by atoms with van der Waals surface area (Å²) in [6.45, 7) is 1.78. The topological polar surface area (TPSA) is 101 Å². The van der Waals surface area contributed by atoms with Gasteiger partial charge in [-0.3, -0.25) is 0 Å². The van der Waals surface area contributed by atoms with Gasteiger partial charge in [0.15, 0.2) is 0 Å². The maximum atomic E-state index is 11.9. The molecular formula is C16H12BrN3O4S. The zero-order valence-electron chi connectivity index (χ0n) is 13.2. The average Bonchev–Trinajstić information content (AvgIpc) is 2.93. The van der Waals surface area contributed by atoms with Gasteiger partial charge in [0.05, 0.1) is 23.7 Å². The van der Waals surface area contributed by atoms with E-state index in [1.54, 1.807) is 19.1 Å². The zero-order valence-corrected chi connectivity index (χ0v) is 15.6. The number of carbonyl (C=O) groups excluding carboxylic acids is 1. The Morgan fingerprint density at radius 3 is 2.76 bits per heavy atom. The van der Waals surface area contributed by atoms with Crippen LogP contribution in [0.15, 0.2) is 29.0 Å². The lowest BCUT2D eigenvalue weighted by atomic mass is 10.1. The summed E-state index contributed by atoms with van der Waals surface area (Å²) in [6.07, 6.45) is 1.36. The number of aromatic nitrogens is 2. The Bertz CT molecular complexity index is 1000. The van der Waals surface area contributed by atoms with Crippen molar-refractivity contribution in [3.05, 3.63) is 45.0 Å². The molecule has 9 heteroatoms. The number of methoxy groups -OCH3 is 1. The number of carbonyl (C=O) groups is 2. The summed E-state index contributed by atoms with van der Waals surface area (Å²) in [4.78, 5) is 32.8. The van der Waals surface area contributed by atoms with Crippen LogP contribution in [0, 0.1) is 6.92 Å². The molecule has 0 radical (unpaired) electrons. The molecule has 7 nitrogen and oxygen atoms in total. The van der Waals surface area contributed by atoms with E-state index in [9.17, 15) is 14.7 Å². The number of hydrogen-bond donors (Lipinski definition) is 2. The van der Waals surface area contributed by atoms with E-state index in [4.69, 9.17) is 4.74 Å². The van der Waals surface area contributed by atoms with E-state index < -0.39 is 11.9 Å². The number of nitrogens with zero attached hydrogens (tertiary/aromatic N) is 2. The third kappa shape index (κ3) is 3.20. The Hall–Kier alpha value is -2.52. The average molecular weight is 422 g/mol. The molecule has 0 saturated carbocycles. The quantitative estimate of drug-likeness (QED) is 0.613. The number of esters is 1. The van der Waals surface area contributed by atoms with Crippen LogP contribution in [-0.2, 0) is 4.74 Å². The van der Waals surface area contributed by atoms with E-state index in [0.717, 1.165) is 0 Å². The Morgan fingerprint density at radius 2 is 2.08 bits per heavy atom. The molecule has 3 aromatic rings. The number of aryl methyl sites for hydroxylation is 1. The largest absolute Gasteiger partial charge is 0.478 e. The molecule has 0 bridgehead atoms. The normalized spacial score (nSPS) is 10.7. The highest BCUT2D eigenvalue weighted by Crippen LogP contribution is 2.35. The summed E-state index contributed by atoms with van der Waals surface area (Å²) in [7, 11) is 1.32. The number of hydrogen-bond acceptors (Lipinski definition) is 7. The Labute approximate surface area is 154 Å². The van der Waals surface area contributed by atoms with Gasteiger partial charge in [0, 0.05) is 4.47 Å². The lowest BCUT2D eigenvalue weighted by Crippen LogP contribution is -2.04. The summed E-state index contributed by atoms with van der Waals surface area (Å²) < 4.78 is 5.44. The molecule has 1 aromatic carbocycles. The fourth-order valence-electron chi connectivity index (χ4n) is 2.38. The number of ether oxygens (including phenoxy) is 1. The van der Waals surface area contributed by atoms with Gasteiger partial charge in [-0.25, -0.2) is 19.6 Å². The van der Waals surface area contributed by atoms with Crippen molar-refractivity contribution in [3.8, 4) is 0 Å². The standard InChI is InChI=1S/C16H12BrN3O4S/c1-7-11-13(18-6-19-14(11)25-12(7)16(23)24-2)20-10-4-3-8(17)5-9(10)15(21)22/h3-6H,1-2H3,(H,21,22)(H,18,19,20). The molecule has 0 fully saturated rings. The Morgan fingerprint density at radius 1 is 1.32 bits per heavy atom. The minimum Gasteiger partial charge on any atom is -0.478 e. The van der Waals surface area contributed by atoms with Crippen LogP contribution in [0.3, 0.4) is 0 Å². The van der Waals surface area contributed by atoms with Gasteiger partial charge in [-0.15, -0.1) is 11.3 Å². The van der Waals surface area contributed by atoms with Gasteiger partial charge in [-0.2, -0.15) is 0 Å². The number of fused-ring (bicyclic) bond motifs is 1. The molecular weight excluding hydrogens is 410 g/mol. The van der Waals surface area contributed by atoms with Crippen molar-refractivity contribution in [2.75, 3.05) is 12.4 Å².